The molecule has 1 aromatic carbocycles. The van der Waals surface area contributed by atoms with Crippen molar-refractivity contribution < 1.29 is 30.6 Å². The van der Waals surface area contributed by atoms with Crippen LogP contribution in [0.3, 0.4) is 0 Å². The SMILES string of the molecule is O=C(c1ccccc1Br)N1CCCCC=C1OS(=O)(=O)C(F)(F)F. The Kier molecular flexibility index (Phi) is 5.59. The average molecular weight is 428 g/mol. The second-order valence-electron chi connectivity index (χ2n) is 4.96. The van der Waals surface area contributed by atoms with Crippen molar-refractivity contribution >= 4 is 32.0 Å². The van der Waals surface area contributed by atoms with Crippen molar-refractivity contribution in [3.05, 3.63) is 46.3 Å². The highest BCUT2D eigenvalue weighted by Crippen LogP contribution is 2.30. The van der Waals surface area contributed by atoms with Gasteiger partial charge in [-0.05, 0) is 53.4 Å². The topological polar surface area (TPSA) is 63.7 Å². The van der Waals surface area contributed by atoms with E-state index in [0.29, 0.717) is 23.7 Å². The largest absolute Gasteiger partial charge is 0.534 e. The second kappa shape index (κ2) is 7.14. The van der Waals surface area contributed by atoms with Crippen LogP contribution >= 0.6 is 15.9 Å². The fourth-order valence-corrected chi connectivity index (χ4v) is 3.01. The molecule has 0 saturated carbocycles. The number of amides is 1. The van der Waals surface area contributed by atoms with Crippen LogP contribution in [0.2, 0.25) is 0 Å². The zero-order valence-corrected chi connectivity index (χ0v) is 14.6. The predicted molar refractivity (Wildman–Crippen MR) is 83.2 cm³/mol. The van der Waals surface area contributed by atoms with Crippen molar-refractivity contribution in [2.45, 2.75) is 24.8 Å². The summed E-state index contributed by atoms with van der Waals surface area (Å²) in [7, 11) is -5.85. The van der Waals surface area contributed by atoms with E-state index in [-0.39, 0.29) is 12.1 Å². The fourth-order valence-electron chi connectivity index (χ4n) is 2.08. The summed E-state index contributed by atoms with van der Waals surface area (Å²) in [6.07, 6.45) is 2.60. The molecule has 0 saturated heterocycles. The van der Waals surface area contributed by atoms with Crippen molar-refractivity contribution in [1.29, 1.82) is 0 Å². The van der Waals surface area contributed by atoms with E-state index in [2.05, 4.69) is 20.1 Å². The van der Waals surface area contributed by atoms with E-state index in [1.165, 1.54) is 12.1 Å². The van der Waals surface area contributed by atoms with Gasteiger partial charge in [0, 0.05) is 11.0 Å². The van der Waals surface area contributed by atoms with Crippen LogP contribution in [-0.2, 0) is 14.3 Å². The lowest BCUT2D eigenvalue weighted by Gasteiger charge is -2.24. The molecule has 0 atom stereocenters. The molecule has 0 spiro atoms. The number of carbonyl (C=O) groups excluding carboxylic acids is 1. The summed E-state index contributed by atoms with van der Waals surface area (Å²) in [6, 6.07) is 6.34. The number of benzene rings is 1. The quantitative estimate of drug-likeness (QED) is 0.543. The zero-order chi connectivity index (χ0) is 18.0. The number of allylic oxidation sites excluding steroid dienone is 1. The van der Waals surface area contributed by atoms with Gasteiger partial charge in [-0.25, -0.2) is 0 Å². The molecule has 1 heterocycles. The van der Waals surface area contributed by atoms with Crippen LogP contribution < -0.4 is 0 Å². The minimum atomic E-state index is -5.85. The van der Waals surface area contributed by atoms with Gasteiger partial charge in [0.1, 0.15) is 0 Å². The van der Waals surface area contributed by atoms with E-state index in [1.54, 1.807) is 18.2 Å². The first-order valence-corrected chi connectivity index (χ1v) is 9.11. The van der Waals surface area contributed by atoms with Crippen LogP contribution in [-0.4, -0.2) is 31.3 Å². The molecule has 1 aliphatic rings. The van der Waals surface area contributed by atoms with Crippen LogP contribution in [0, 0.1) is 0 Å². The number of carbonyl (C=O) groups is 1. The molecule has 24 heavy (non-hydrogen) atoms. The standard InChI is InChI=1S/C14H13BrF3NO4S/c15-11-7-4-3-6-10(11)13(20)19-9-5-1-2-8-12(19)23-24(21,22)14(16,17)18/h3-4,6-8H,1-2,5,9H2. The van der Waals surface area contributed by atoms with Gasteiger partial charge in [0.25, 0.3) is 5.91 Å². The van der Waals surface area contributed by atoms with Crippen LogP contribution in [0.1, 0.15) is 29.6 Å². The Morgan fingerprint density at radius 3 is 2.50 bits per heavy atom. The lowest BCUT2D eigenvalue weighted by atomic mass is 10.2. The molecule has 0 radical (unpaired) electrons. The van der Waals surface area contributed by atoms with Crippen LogP contribution in [0.5, 0.6) is 0 Å². The van der Waals surface area contributed by atoms with Crippen molar-refractivity contribution in [3.63, 3.8) is 0 Å². The molecular weight excluding hydrogens is 415 g/mol. The molecule has 0 N–H and O–H groups in total. The summed E-state index contributed by atoms with van der Waals surface area (Å²) < 4.78 is 64.9. The number of rotatable bonds is 3. The van der Waals surface area contributed by atoms with Gasteiger partial charge in [-0.2, -0.15) is 21.6 Å². The maximum absolute atomic E-state index is 12.6. The van der Waals surface area contributed by atoms with Gasteiger partial charge in [0.2, 0.25) is 5.88 Å². The van der Waals surface area contributed by atoms with Gasteiger partial charge in [0.15, 0.2) is 0 Å². The van der Waals surface area contributed by atoms with E-state index in [9.17, 15) is 26.4 Å². The number of hydrogen-bond acceptors (Lipinski definition) is 4. The molecule has 5 nitrogen and oxygen atoms in total. The Morgan fingerprint density at radius 2 is 1.88 bits per heavy atom. The predicted octanol–water partition coefficient (Wildman–Crippen LogP) is 3.78. The zero-order valence-electron chi connectivity index (χ0n) is 12.2. The summed E-state index contributed by atoms with van der Waals surface area (Å²) >= 11 is 3.19. The maximum atomic E-state index is 12.6. The lowest BCUT2D eigenvalue weighted by Crippen LogP contribution is -2.35. The van der Waals surface area contributed by atoms with Crippen LogP contribution in [0.15, 0.2) is 40.7 Å². The highest BCUT2D eigenvalue weighted by molar-refractivity contribution is 9.10. The highest BCUT2D eigenvalue weighted by atomic mass is 79.9. The minimum Gasteiger partial charge on any atom is -0.357 e. The molecule has 0 aliphatic carbocycles. The molecule has 0 aromatic heterocycles. The van der Waals surface area contributed by atoms with Gasteiger partial charge in [-0.1, -0.05) is 12.1 Å². The first-order valence-electron chi connectivity index (χ1n) is 6.91. The van der Waals surface area contributed by atoms with Crippen molar-refractivity contribution in [2.75, 3.05) is 6.54 Å². The van der Waals surface area contributed by atoms with Crippen molar-refractivity contribution in [2.24, 2.45) is 0 Å². The van der Waals surface area contributed by atoms with Crippen LogP contribution in [0.25, 0.3) is 0 Å². The average Bonchev–Trinajstić information content (AvgIpc) is 2.71. The summed E-state index contributed by atoms with van der Waals surface area (Å²) in [5.74, 6) is -1.27. The normalized spacial score (nSPS) is 16.3. The third-order valence-corrected chi connectivity index (χ3v) is 4.90. The van der Waals surface area contributed by atoms with Gasteiger partial charge in [-0.15, -0.1) is 0 Å². The van der Waals surface area contributed by atoms with Gasteiger partial charge in [0.05, 0.1) is 5.56 Å². The summed E-state index contributed by atoms with van der Waals surface area (Å²) in [5, 5.41) is 0. The van der Waals surface area contributed by atoms with E-state index in [0.717, 1.165) is 4.90 Å². The Balaban J connectivity index is 2.36. The Morgan fingerprint density at radius 1 is 1.21 bits per heavy atom. The molecule has 10 heteroatoms. The fraction of sp³-hybridized carbons (Fsp3) is 0.357. The third kappa shape index (κ3) is 4.10. The van der Waals surface area contributed by atoms with Crippen molar-refractivity contribution in [1.82, 2.24) is 4.90 Å². The second-order valence-corrected chi connectivity index (χ2v) is 7.35. The number of nitrogens with zero attached hydrogens (tertiary/aromatic N) is 1. The summed E-state index contributed by atoms with van der Waals surface area (Å²) in [4.78, 5) is 13.5. The minimum absolute atomic E-state index is 0.0549. The number of halogens is 4. The molecular formula is C14H13BrF3NO4S. The first kappa shape index (κ1) is 18.8. The highest BCUT2D eigenvalue weighted by Gasteiger charge is 2.49. The van der Waals surface area contributed by atoms with E-state index in [1.807, 2.05) is 0 Å². The Hall–Kier alpha value is -1.55. The summed E-state index contributed by atoms with van der Waals surface area (Å²) in [5.41, 5.74) is -5.37. The van der Waals surface area contributed by atoms with Gasteiger partial charge in [-0.3, -0.25) is 9.69 Å². The molecule has 132 valence electrons. The van der Waals surface area contributed by atoms with Crippen LogP contribution in [0.4, 0.5) is 13.2 Å². The third-order valence-electron chi connectivity index (χ3n) is 3.25. The first-order chi connectivity index (χ1) is 11.1. The lowest BCUT2D eigenvalue weighted by molar-refractivity contribution is -0.0535. The Labute approximate surface area is 145 Å². The van der Waals surface area contributed by atoms with Gasteiger partial charge >= 0.3 is 15.6 Å². The van der Waals surface area contributed by atoms with E-state index in [4.69, 9.17) is 0 Å². The van der Waals surface area contributed by atoms with E-state index >= 15 is 0 Å². The molecule has 0 fully saturated rings. The molecule has 1 amide bonds. The smallest absolute Gasteiger partial charge is 0.357 e. The monoisotopic (exact) mass is 427 g/mol. The molecule has 0 unspecified atom stereocenters. The number of alkyl halides is 3. The molecule has 1 aliphatic heterocycles. The van der Waals surface area contributed by atoms with E-state index < -0.39 is 27.4 Å². The molecule has 2 rings (SSSR count). The summed E-state index contributed by atoms with van der Waals surface area (Å²) in [6.45, 7) is 0.0549. The van der Waals surface area contributed by atoms with Gasteiger partial charge < -0.3 is 4.18 Å². The molecule has 0 bridgehead atoms. The Bertz CT molecular complexity index is 762. The van der Waals surface area contributed by atoms with Crippen molar-refractivity contribution in [3.8, 4) is 0 Å². The maximum Gasteiger partial charge on any atom is 0.534 e. The molecule has 1 aromatic rings. The number of hydrogen-bond donors (Lipinski definition) is 0.